The third-order valence-corrected chi connectivity index (χ3v) is 15.1. The molecule has 0 spiro atoms. The Balaban J connectivity index is 1.38. The first-order valence-electron chi connectivity index (χ1n) is 23.0. The summed E-state index contributed by atoms with van der Waals surface area (Å²) >= 11 is 0. The van der Waals surface area contributed by atoms with E-state index in [1.54, 1.807) is 0 Å². The first-order valence-corrected chi connectivity index (χ1v) is 24.1. The second-order valence-electron chi connectivity index (χ2n) is 17.3. The molecule has 0 unspecified atom stereocenters. The van der Waals surface area contributed by atoms with Crippen LogP contribution in [0.4, 0.5) is 0 Å². The molecule has 10 aromatic carbocycles. The van der Waals surface area contributed by atoms with E-state index in [0.29, 0.717) is 0 Å². The average molecular weight is 872 g/mol. The molecule has 0 amide bonds. The number of fused-ring (bicyclic) bond motifs is 7. The van der Waals surface area contributed by atoms with Gasteiger partial charge in [-0.3, -0.25) is 0 Å². The van der Waals surface area contributed by atoms with Crippen LogP contribution < -0.4 is 4.67 Å². The van der Waals surface area contributed by atoms with E-state index in [2.05, 4.69) is 261 Å². The van der Waals surface area contributed by atoms with E-state index in [0.717, 1.165) is 54.6 Å². The Morgan fingerprint density at radius 2 is 0.606 bits per heavy atom. The highest BCUT2D eigenvalue weighted by atomic mass is 31.1. The van der Waals surface area contributed by atoms with Crippen LogP contribution in [-0.4, -0.2) is 0 Å². The molecule has 0 aliphatic rings. The zero-order chi connectivity index (χ0) is 44.4. The van der Waals surface area contributed by atoms with E-state index >= 15 is 0 Å². The predicted octanol–water partition coefficient (Wildman–Crippen LogP) is 17.4. The molecular formula is C62H50NO2P. The summed E-state index contributed by atoms with van der Waals surface area (Å²) in [7, 11) is -1.90. The fourth-order valence-electron chi connectivity index (χ4n) is 10.2. The van der Waals surface area contributed by atoms with Gasteiger partial charge in [0.25, 0.3) is 0 Å². The highest BCUT2D eigenvalue weighted by molar-refractivity contribution is 7.39. The van der Waals surface area contributed by atoms with Gasteiger partial charge in [-0.15, -0.1) is 0 Å². The first kappa shape index (κ1) is 41.3. The van der Waals surface area contributed by atoms with E-state index in [9.17, 15) is 0 Å². The van der Waals surface area contributed by atoms with Crippen molar-refractivity contribution >= 4 is 51.6 Å². The highest BCUT2D eigenvalue weighted by Crippen LogP contribution is 2.52. The summed E-state index contributed by atoms with van der Waals surface area (Å²) in [6.07, 6.45) is 0. The summed E-state index contributed by atoms with van der Waals surface area (Å²) in [6, 6.07) is 87.5. The zero-order valence-corrected chi connectivity index (χ0v) is 38.0. The lowest BCUT2D eigenvalue weighted by Crippen LogP contribution is -2.27. The SMILES string of the molecule is C[C@@H](c1ccccc1)N([C@@H](C)c1ccccc1)p1oc2c(C(c3ccccc3)c3ccccc3)cc3ccccc3c2c2c(o1)c(C(c1ccccc1)c1ccccc1)cc1ccccc12. The van der Waals surface area contributed by atoms with Gasteiger partial charge in [0.05, 0.1) is 0 Å². The Hall–Kier alpha value is -7.42. The minimum absolute atomic E-state index is 0.0941. The van der Waals surface area contributed by atoms with Crippen molar-refractivity contribution in [3.8, 4) is 0 Å². The molecule has 3 nitrogen and oxygen atoms in total. The van der Waals surface area contributed by atoms with Crippen LogP contribution in [0.15, 0.2) is 251 Å². The van der Waals surface area contributed by atoms with Crippen LogP contribution in [0, 0.1) is 0 Å². The maximum atomic E-state index is 8.01. The van der Waals surface area contributed by atoms with Gasteiger partial charge in [0.15, 0.2) is 0 Å². The molecule has 320 valence electrons. The van der Waals surface area contributed by atoms with Crippen LogP contribution in [0.1, 0.15) is 82.3 Å². The van der Waals surface area contributed by atoms with Gasteiger partial charge < -0.3 is 8.39 Å². The van der Waals surface area contributed by atoms with Crippen molar-refractivity contribution in [2.75, 3.05) is 4.67 Å². The van der Waals surface area contributed by atoms with Crippen LogP contribution >= 0.6 is 8.16 Å². The second-order valence-corrected chi connectivity index (χ2v) is 18.6. The summed E-state index contributed by atoms with van der Waals surface area (Å²) in [6.45, 7) is 4.60. The molecular weight excluding hydrogens is 822 g/mol. The number of benzene rings is 10. The Bertz CT molecular complexity index is 3140. The quantitative estimate of drug-likeness (QED) is 0.121. The van der Waals surface area contributed by atoms with Crippen molar-refractivity contribution < 1.29 is 8.39 Å². The minimum Gasteiger partial charge on any atom is -0.407 e. The number of hydrogen-bond acceptors (Lipinski definition) is 3. The fourth-order valence-corrected chi connectivity index (χ4v) is 11.9. The first-order chi connectivity index (χ1) is 32.6. The molecule has 0 saturated heterocycles. The molecule has 0 saturated carbocycles. The smallest absolute Gasteiger partial charge is 0.310 e. The van der Waals surface area contributed by atoms with Crippen LogP contribution in [0.25, 0.3) is 43.5 Å². The van der Waals surface area contributed by atoms with Gasteiger partial charge >= 0.3 is 8.16 Å². The molecule has 0 aliphatic carbocycles. The third kappa shape index (κ3) is 7.71. The maximum Gasteiger partial charge on any atom is 0.310 e. The van der Waals surface area contributed by atoms with E-state index in [1.807, 2.05) is 0 Å². The number of hydrogen-bond donors (Lipinski definition) is 0. The van der Waals surface area contributed by atoms with Crippen molar-refractivity contribution in [2.45, 2.75) is 37.8 Å². The molecule has 1 aromatic heterocycles. The van der Waals surface area contributed by atoms with Gasteiger partial charge in [0, 0.05) is 45.8 Å². The largest absolute Gasteiger partial charge is 0.407 e. The third-order valence-electron chi connectivity index (χ3n) is 13.3. The van der Waals surface area contributed by atoms with Crippen molar-refractivity contribution in [1.29, 1.82) is 0 Å². The lowest BCUT2D eigenvalue weighted by atomic mass is 9.81. The van der Waals surface area contributed by atoms with Crippen molar-refractivity contribution in [3.63, 3.8) is 0 Å². The molecule has 4 heteroatoms. The lowest BCUT2D eigenvalue weighted by Gasteiger charge is -2.32. The van der Waals surface area contributed by atoms with Crippen molar-refractivity contribution in [2.24, 2.45) is 0 Å². The van der Waals surface area contributed by atoms with Crippen molar-refractivity contribution in [1.82, 2.24) is 0 Å². The van der Waals surface area contributed by atoms with Crippen LogP contribution in [0.3, 0.4) is 0 Å². The zero-order valence-electron chi connectivity index (χ0n) is 37.1. The Labute approximate surface area is 387 Å². The minimum atomic E-state index is -1.90. The summed E-state index contributed by atoms with van der Waals surface area (Å²) in [5.41, 5.74) is 11.0. The molecule has 11 rings (SSSR count). The molecule has 2 atom stereocenters. The fraction of sp³-hybridized carbons (Fsp3) is 0.0968. The van der Waals surface area contributed by atoms with Gasteiger partial charge in [-0.2, -0.15) is 4.67 Å². The maximum absolute atomic E-state index is 8.01. The van der Waals surface area contributed by atoms with E-state index in [4.69, 9.17) is 8.39 Å². The van der Waals surface area contributed by atoms with Gasteiger partial charge in [0.1, 0.15) is 11.2 Å². The van der Waals surface area contributed by atoms with Gasteiger partial charge in [-0.05, 0) is 80.9 Å². The molecule has 1 heterocycles. The molecule has 0 aliphatic heterocycles. The molecule has 11 aromatic rings. The Kier molecular flexibility index (Phi) is 11.4. The van der Waals surface area contributed by atoms with Crippen LogP contribution in [0.2, 0.25) is 0 Å². The molecule has 66 heavy (non-hydrogen) atoms. The van der Waals surface area contributed by atoms with E-state index < -0.39 is 8.16 Å². The number of rotatable bonds is 11. The molecule has 0 radical (unpaired) electrons. The normalized spacial score (nSPS) is 12.7. The molecule has 0 bridgehead atoms. The van der Waals surface area contributed by atoms with Crippen LogP contribution in [-0.2, 0) is 0 Å². The summed E-state index contributed by atoms with van der Waals surface area (Å²) in [5.74, 6) is -0.293. The van der Waals surface area contributed by atoms with Gasteiger partial charge in [-0.25, -0.2) is 0 Å². The lowest BCUT2D eigenvalue weighted by molar-refractivity contribution is 0.556. The van der Waals surface area contributed by atoms with Gasteiger partial charge in [0.2, 0.25) is 0 Å². The average Bonchev–Trinajstić information content (AvgIpc) is 3.57. The predicted molar refractivity (Wildman–Crippen MR) is 277 cm³/mol. The van der Waals surface area contributed by atoms with Crippen molar-refractivity contribution in [3.05, 3.63) is 287 Å². The summed E-state index contributed by atoms with van der Waals surface area (Å²) in [5, 5.41) is 6.64. The standard InChI is InChI=1S/C62H50NO2P/c1-43(45-25-9-3-10-26-45)63(44(2)46-27-11-4-12-28-46)66-64-61-55(57(47-29-13-5-14-30-47)48-31-15-6-16-32-48)41-51-37-21-23-39-53(51)59(61)60-54-40-24-22-38-52(54)42-56(62(60)65-66)58(49-33-17-7-18-34-49)50-35-19-8-20-36-50/h3-44,57-58H,1-2H3/t43-,44-/m0/s1. The van der Waals surface area contributed by atoms with Gasteiger partial charge in [-0.1, -0.05) is 231 Å². The van der Waals surface area contributed by atoms with E-state index in [1.165, 1.54) is 33.4 Å². The monoisotopic (exact) mass is 871 g/mol. The Morgan fingerprint density at radius 1 is 0.333 bits per heavy atom. The highest BCUT2D eigenvalue weighted by Gasteiger charge is 2.32. The summed E-state index contributed by atoms with van der Waals surface area (Å²) in [4.78, 5) is 0. The molecule has 0 N–H and O–H groups in total. The number of nitrogens with zero attached hydrogens (tertiary/aromatic N) is 1. The Morgan fingerprint density at radius 3 is 0.924 bits per heavy atom. The molecule has 0 fully saturated rings. The van der Waals surface area contributed by atoms with Crippen LogP contribution in [0.5, 0.6) is 0 Å². The summed E-state index contributed by atoms with van der Waals surface area (Å²) < 4.78 is 18.5. The topological polar surface area (TPSA) is 29.5 Å². The van der Waals surface area contributed by atoms with E-state index in [-0.39, 0.29) is 23.9 Å². The second kappa shape index (κ2) is 18.2.